The maximum atomic E-state index is 11.6. The van der Waals surface area contributed by atoms with Crippen molar-refractivity contribution in [2.45, 2.75) is 26.8 Å². The average Bonchev–Trinajstić information content (AvgIpc) is 2.58. The molecule has 0 fully saturated rings. The zero-order valence-corrected chi connectivity index (χ0v) is 10.3. The van der Waals surface area contributed by atoms with Crippen molar-refractivity contribution in [2.75, 3.05) is 13.1 Å². The molecule has 0 aliphatic rings. The molecule has 0 atom stereocenters. The van der Waals surface area contributed by atoms with Gasteiger partial charge in [-0.25, -0.2) is 0 Å². The van der Waals surface area contributed by atoms with Crippen molar-refractivity contribution in [1.82, 2.24) is 10.6 Å². The van der Waals surface area contributed by atoms with Crippen LogP contribution in [0.3, 0.4) is 0 Å². The summed E-state index contributed by atoms with van der Waals surface area (Å²) in [4.78, 5) is 12.5. The monoisotopic (exact) mass is 226 g/mol. The van der Waals surface area contributed by atoms with Gasteiger partial charge in [-0.15, -0.1) is 11.3 Å². The second kappa shape index (κ2) is 5.88. The number of rotatable bonds is 5. The molecule has 0 unspecified atom stereocenters. The zero-order valence-electron chi connectivity index (χ0n) is 9.46. The molecule has 3 nitrogen and oxygen atoms in total. The van der Waals surface area contributed by atoms with Crippen LogP contribution in [0.25, 0.3) is 0 Å². The first-order chi connectivity index (χ1) is 7.11. The second-order valence-electron chi connectivity index (χ2n) is 3.80. The molecule has 4 heteroatoms. The van der Waals surface area contributed by atoms with E-state index in [4.69, 9.17) is 0 Å². The van der Waals surface area contributed by atoms with Crippen LogP contribution in [0, 0.1) is 6.92 Å². The number of thiophene rings is 1. The Hall–Kier alpha value is -0.870. The van der Waals surface area contributed by atoms with Gasteiger partial charge in [0.1, 0.15) is 0 Å². The van der Waals surface area contributed by atoms with E-state index in [1.165, 1.54) is 11.3 Å². The zero-order chi connectivity index (χ0) is 11.3. The fourth-order valence-corrected chi connectivity index (χ4v) is 2.06. The summed E-state index contributed by atoms with van der Waals surface area (Å²) >= 11 is 1.49. The van der Waals surface area contributed by atoms with Gasteiger partial charge in [-0.3, -0.25) is 4.79 Å². The molecule has 0 aromatic carbocycles. The third kappa shape index (κ3) is 4.01. The average molecular weight is 226 g/mol. The van der Waals surface area contributed by atoms with E-state index in [0.29, 0.717) is 12.6 Å². The normalized spacial score (nSPS) is 10.7. The predicted molar refractivity (Wildman–Crippen MR) is 64.5 cm³/mol. The Balaban J connectivity index is 2.28. The summed E-state index contributed by atoms with van der Waals surface area (Å²) in [5.74, 6) is 0.0352. The van der Waals surface area contributed by atoms with Crippen LogP contribution >= 0.6 is 11.3 Å². The minimum atomic E-state index is 0.0352. The van der Waals surface area contributed by atoms with Crippen molar-refractivity contribution >= 4 is 17.2 Å². The van der Waals surface area contributed by atoms with Crippen LogP contribution in [0.15, 0.2) is 11.4 Å². The lowest BCUT2D eigenvalue weighted by Crippen LogP contribution is -2.34. The van der Waals surface area contributed by atoms with Crippen molar-refractivity contribution in [3.05, 3.63) is 21.9 Å². The number of carbonyl (C=O) groups excluding carboxylic acids is 1. The summed E-state index contributed by atoms with van der Waals surface area (Å²) in [6.45, 7) is 7.62. The molecular weight excluding hydrogens is 208 g/mol. The van der Waals surface area contributed by atoms with Gasteiger partial charge in [-0.2, -0.15) is 0 Å². The lowest BCUT2D eigenvalue weighted by molar-refractivity contribution is 0.0957. The van der Waals surface area contributed by atoms with Crippen LogP contribution < -0.4 is 10.6 Å². The summed E-state index contributed by atoms with van der Waals surface area (Å²) in [5.41, 5.74) is 1.05. The summed E-state index contributed by atoms with van der Waals surface area (Å²) in [7, 11) is 0. The topological polar surface area (TPSA) is 41.1 Å². The van der Waals surface area contributed by atoms with E-state index in [-0.39, 0.29) is 5.91 Å². The van der Waals surface area contributed by atoms with Crippen molar-refractivity contribution < 1.29 is 4.79 Å². The lowest BCUT2D eigenvalue weighted by Gasteiger charge is -2.08. The van der Waals surface area contributed by atoms with Crippen molar-refractivity contribution in [2.24, 2.45) is 0 Å². The fourth-order valence-electron chi connectivity index (χ4n) is 1.22. The van der Waals surface area contributed by atoms with Crippen molar-refractivity contribution in [3.63, 3.8) is 0 Å². The highest BCUT2D eigenvalue weighted by atomic mass is 32.1. The van der Waals surface area contributed by atoms with Crippen LogP contribution in [0.5, 0.6) is 0 Å². The number of aryl methyl sites for hydroxylation is 1. The van der Waals surface area contributed by atoms with Gasteiger partial charge in [-0.1, -0.05) is 13.8 Å². The van der Waals surface area contributed by atoms with Gasteiger partial charge >= 0.3 is 0 Å². The summed E-state index contributed by atoms with van der Waals surface area (Å²) in [6, 6.07) is 2.43. The highest BCUT2D eigenvalue weighted by Crippen LogP contribution is 2.14. The van der Waals surface area contributed by atoms with E-state index in [0.717, 1.165) is 17.0 Å². The first-order valence-electron chi connectivity index (χ1n) is 5.17. The van der Waals surface area contributed by atoms with Crippen LogP contribution in [0.2, 0.25) is 0 Å². The molecule has 15 heavy (non-hydrogen) atoms. The molecule has 1 amide bonds. The van der Waals surface area contributed by atoms with E-state index < -0.39 is 0 Å². The molecule has 1 aromatic rings. The highest BCUT2D eigenvalue weighted by molar-refractivity contribution is 7.12. The first kappa shape index (κ1) is 12.2. The number of hydrogen-bond acceptors (Lipinski definition) is 3. The van der Waals surface area contributed by atoms with E-state index in [1.54, 1.807) is 0 Å². The molecule has 1 aromatic heterocycles. The molecule has 0 saturated carbocycles. The minimum absolute atomic E-state index is 0.0352. The fraction of sp³-hybridized carbons (Fsp3) is 0.545. The van der Waals surface area contributed by atoms with Crippen molar-refractivity contribution in [1.29, 1.82) is 0 Å². The molecule has 0 aliphatic heterocycles. The van der Waals surface area contributed by atoms with Crippen LogP contribution in [-0.4, -0.2) is 25.0 Å². The van der Waals surface area contributed by atoms with E-state index in [1.807, 2.05) is 18.4 Å². The SMILES string of the molecule is Cc1ccsc1C(=O)NCCNC(C)C. The van der Waals surface area contributed by atoms with Gasteiger partial charge in [-0.05, 0) is 23.9 Å². The maximum absolute atomic E-state index is 11.6. The lowest BCUT2D eigenvalue weighted by atomic mass is 10.3. The molecular formula is C11H18N2OS. The van der Waals surface area contributed by atoms with Crippen LogP contribution in [0.1, 0.15) is 29.1 Å². The highest BCUT2D eigenvalue weighted by Gasteiger charge is 2.08. The molecule has 0 saturated heterocycles. The van der Waals surface area contributed by atoms with Crippen LogP contribution in [0.4, 0.5) is 0 Å². The van der Waals surface area contributed by atoms with E-state index in [2.05, 4.69) is 24.5 Å². The summed E-state index contributed by atoms with van der Waals surface area (Å²) in [6.07, 6.45) is 0. The van der Waals surface area contributed by atoms with E-state index in [9.17, 15) is 4.79 Å². The Morgan fingerprint density at radius 2 is 2.20 bits per heavy atom. The molecule has 84 valence electrons. The van der Waals surface area contributed by atoms with Gasteiger partial charge in [0, 0.05) is 19.1 Å². The molecule has 0 spiro atoms. The smallest absolute Gasteiger partial charge is 0.261 e. The largest absolute Gasteiger partial charge is 0.350 e. The third-order valence-corrected chi connectivity index (χ3v) is 3.05. The third-order valence-electron chi connectivity index (χ3n) is 2.03. The Labute approximate surface area is 94.9 Å². The summed E-state index contributed by atoms with van der Waals surface area (Å²) < 4.78 is 0. The molecule has 0 radical (unpaired) electrons. The molecule has 0 bridgehead atoms. The Morgan fingerprint density at radius 3 is 2.73 bits per heavy atom. The number of amides is 1. The maximum Gasteiger partial charge on any atom is 0.261 e. The number of hydrogen-bond donors (Lipinski definition) is 2. The number of carbonyl (C=O) groups is 1. The minimum Gasteiger partial charge on any atom is -0.350 e. The van der Waals surface area contributed by atoms with E-state index >= 15 is 0 Å². The van der Waals surface area contributed by atoms with Gasteiger partial charge in [0.15, 0.2) is 0 Å². The Bertz CT molecular complexity index is 320. The van der Waals surface area contributed by atoms with Gasteiger partial charge < -0.3 is 10.6 Å². The quantitative estimate of drug-likeness (QED) is 0.751. The molecule has 0 aliphatic carbocycles. The standard InChI is InChI=1S/C11H18N2OS/c1-8(2)12-5-6-13-11(14)10-9(3)4-7-15-10/h4,7-8,12H,5-6H2,1-3H3,(H,13,14). The molecule has 1 heterocycles. The van der Waals surface area contributed by atoms with Crippen LogP contribution in [-0.2, 0) is 0 Å². The van der Waals surface area contributed by atoms with Gasteiger partial charge in [0.2, 0.25) is 0 Å². The predicted octanol–water partition coefficient (Wildman–Crippen LogP) is 1.78. The van der Waals surface area contributed by atoms with Crippen molar-refractivity contribution in [3.8, 4) is 0 Å². The number of nitrogens with one attached hydrogen (secondary N) is 2. The Morgan fingerprint density at radius 1 is 1.47 bits per heavy atom. The van der Waals surface area contributed by atoms with Gasteiger partial charge in [0.25, 0.3) is 5.91 Å². The van der Waals surface area contributed by atoms with Gasteiger partial charge in [0.05, 0.1) is 4.88 Å². The Kier molecular flexibility index (Phi) is 4.78. The molecule has 1 rings (SSSR count). The first-order valence-corrected chi connectivity index (χ1v) is 6.05. The second-order valence-corrected chi connectivity index (χ2v) is 4.71. The summed E-state index contributed by atoms with van der Waals surface area (Å²) in [5, 5.41) is 8.08. The molecule has 2 N–H and O–H groups in total.